The second kappa shape index (κ2) is 8.86. The molecule has 132 valence electrons. The van der Waals surface area contributed by atoms with Crippen LogP contribution in [-0.2, 0) is 11.2 Å². The smallest absolute Gasteiger partial charge is 0.419 e. The topological polar surface area (TPSA) is 29.5 Å². The van der Waals surface area contributed by atoms with E-state index in [2.05, 4.69) is 12.1 Å². The maximum absolute atomic E-state index is 12.9. The Morgan fingerprint density at radius 2 is 1.27 bits per heavy atom. The summed E-state index contributed by atoms with van der Waals surface area (Å²) in [6, 6.07) is 29.4. The number of nitrogens with zero attached hydrogens (tertiary/aromatic N) is 1. The van der Waals surface area contributed by atoms with Crippen molar-refractivity contribution in [2.75, 3.05) is 4.90 Å². The Bertz CT molecular complexity index is 764. The number of ether oxygens (including phenoxy) is 1. The number of anilines is 2. The number of hydrogen-bond donors (Lipinski definition) is 0. The molecule has 1 unspecified atom stereocenters. The van der Waals surface area contributed by atoms with Crippen molar-refractivity contribution in [3.05, 3.63) is 96.6 Å². The lowest BCUT2D eigenvalue weighted by Crippen LogP contribution is -2.30. The number of rotatable bonds is 6. The normalized spacial score (nSPS) is 11.6. The van der Waals surface area contributed by atoms with E-state index in [-0.39, 0.29) is 12.2 Å². The fourth-order valence-corrected chi connectivity index (χ4v) is 2.81. The van der Waals surface area contributed by atoms with Gasteiger partial charge in [0.1, 0.15) is 6.10 Å². The zero-order valence-electron chi connectivity index (χ0n) is 14.9. The molecule has 0 aliphatic heterocycles. The van der Waals surface area contributed by atoms with Crippen LogP contribution in [0, 0.1) is 0 Å². The van der Waals surface area contributed by atoms with Crippen LogP contribution in [0.15, 0.2) is 91.0 Å². The lowest BCUT2D eigenvalue weighted by molar-refractivity contribution is 0.111. The molecule has 3 aromatic carbocycles. The molecule has 1 amide bonds. The molecule has 0 aliphatic rings. The molecular formula is C23H23NO2. The first kappa shape index (κ1) is 17.7. The average Bonchev–Trinajstić information content (AvgIpc) is 2.69. The Labute approximate surface area is 154 Å². The zero-order chi connectivity index (χ0) is 18.2. The molecule has 0 N–H and O–H groups in total. The molecular weight excluding hydrogens is 322 g/mol. The Morgan fingerprint density at radius 1 is 0.808 bits per heavy atom. The highest BCUT2D eigenvalue weighted by Crippen LogP contribution is 2.26. The first-order valence-electron chi connectivity index (χ1n) is 8.89. The Balaban J connectivity index is 1.69. The van der Waals surface area contributed by atoms with Crippen LogP contribution in [0.5, 0.6) is 0 Å². The predicted molar refractivity (Wildman–Crippen MR) is 106 cm³/mol. The van der Waals surface area contributed by atoms with Crippen molar-refractivity contribution in [3.63, 3.8) is 0 Å². The summed E-state index contributed by atoms with van der Waals surface area (Å²) in [7, 11) is 0. The van der Waals surface area contributed by atoms with Crippen LogP contribution >= 0.6 is 0 Å². The molecule has 0 heterocycles. The largest absolute Gasteiger partial charge is 0.446 e. The van der Waals surface area contributed by atoms with Gasteiger partial charge in [-0.05, 0) is 49.6 Å². The predicted octanol–water partition coefficient (Wildman–Crippen LogP) is 5.98. The highest BCUT2D eigenvalue weighted by Gasteiger charge is 2.21. The SMILES string of the molecule is CC(CCc1ccccc1)OC(=O)N(c1ccccc1)c1ccccc1. The number of benzene rings is 3. The van der Waals surface area contributed by atoms with E-state index >= 15 is 0 Å². The highest BCUT2D eigenvalue weighted by atomic mass is 16.6. The monoisotopic (exact) mass is 345 g/mol. The molecule has 3 nitrogen and oxygen atoms in total. The molecule has 0 bridgehead atoms. The van der Waals surface area contributed by atoms with E-state index in [0.717, 1.165) is 24.2 Å². The van der Waals surface area contributed by atoms with Gasteiger partial charge in [-0.3, -0.25) is 0 Å². The van der Waals surface area contributed by atoms with Crippen molar-refractivity contribution < 1.29 is 9.53 Å². The minimum Gasteiger partial charge on any atom is -0.446 e. The van der Waals surface area contributed by atoms with Gasteiger partial charge < -0.3 is 4.74 Å². The molecule has 0 spiro atoms. The van der Waals surface area contributed by atoms with E-state index in [1.54, 1.807) is 4.90 Å². The van der Waals surface area contributed by atoms with E-state index in [9.17, 15) is 4.79 Å². The third-order valence-corrected chi connectivity index (χ3v) is 4.20. The molecule has 3 heteroatoms. The lowest BCUT2D eigenvalue weighted by Gasteiger charge is -2.24. The van der Waals surface area contributed by atoms with E-state index in [4.69, 9.17) is 4.74 Å². The molecule has 26 heavy (non-hydrogen) atoms. The Kier molecular flexibility index (Phi) is 6.05. The summed E-state index contributed by atoms with van der Waals surface area (Å²) < 4.78 is 5.73. The third kappa shape index (κ3) is 4.73. The zero-order valence-corrected chi connectivity index (χ0v) is 14.9. The summed E-state index contributed by atoms with van der Waals surface area (Å²) in [6.45, 7) is 1.94. The third-order valence-electron chi connectivity index (χ3n) is 4.20. The molecule has 0 aliphatic carbocycles. The molecule has 1 atom stereocenters. The number of aryl methyl sites for hydroxylation is 1. The van der Waals surface area contributed by atoms with E-state index < -0.39 is 0 Å². The average molecular weight is 345 g/mol. The molecule has 0 aromatic heterocycles. The highest BCUT2D eigenvalue weighted by molar-refractivity contribution is 5.95. The van der Waals surface area contributed by atoms with Crippen LogP contribution in [0.1, 0.15) is 18.9 Å². The summed E-state index contributed by atoms with van der Waals surface area (Å²) in [4.78, 5) is 14.5. The quantitative estimate of drug-likeness (QED) is 0.550. The van der Waals surface area contributed by atoms with Crippen molar-refractivity contribution in [1.29, 1.82) is 0 Å². The van der Waals surface area contributed by atoms with E-state index in [0.29, 0.717) is 0 Å². The molecule has 0 saturated heterocycles. The van der Waals surface area contributed by atoms with Gasteiger partial charge in [0.15, 0.2) is 0 Å². The minimum atomic E-state index is -0.358. The van der Waals surface area contributed by atoms with Gasteiger partial charge >= 0.3 is 6.09 Å². The van der Waals surface area contributed by atoms with Crippen molar-refractivity contribution >= 4 is 17.5 Å². The van der Waals surface area contributed by atoms with Crippen molar-refractivity contribution in [1.82, 2.24) is 0 Å². The van der Waals surface area contributed by atoms with Gasteiger partial charge in [-0.1, -0.05) is 66.7 Å². The van der Waals surface area contributed by atoms with Gasteiger partial charge in [-0.15, -0.1) is 0 Å². The number of carbonyl (C=O) groups excluding carboxylic acids is 1. The molecule has 3 aromatic rings. The molecule has 0 fully saturated rings. The summed E-state index contributed by atoms with van der Waals surface area (Å²) in [5, 5.41) is 0. The van der Waals surface area contributed by atoms with Crippen LogP contribution in [0.4, 0.5) is 16.2 Å². The second-order valence-corrected chi connectivity index (χ2v) is 6.23. The van der Waals surface area contributed by atoms with Crippen LogP contribution in [0.3, 0.4) is 0 Å². The van der Waals surface area contributed by atoms with Gasteiger partial charge in [-0.25, -0.2) is 9.69 Å². The first-order valence-corrected chi connectivity index (χ1v) is 8.89. The lowest BCUT2D eigenvalue weighted by atomic mass is 10.1. The standard InChI is InChI=1S/C23H23NO2/c1-19(17-18-20-11-5-2-6-12-20)26-23(25)24(21-13-7-3-8-14-21)22-15-9-4-10-16-22/h2-16,19H,17-18H2,1H3. The fraction of sp³-hybridized carbons (Fsp3) is 0.174. The summed E-state index contributed by atoms with van der Waals surface area (Å²) >= 11 is 0. The van der Waals surface area contributed by atoms with Gasteiger partial charge in [0.2, 0.25) is 0 Å². The maximum atomic E-state index is 12.9. The van der Waals surface area contributed by atoms with Crippen molar-refractivity contribution in [2.24, 2.45) is 0 Å². The van der Waals surface area contributed by atoms with Gasteiger partial charge in [0.05, 0.1) is 11.4 Å². The minimum absolute atomic E-state index is 0.169. The van der Waals surface area contributed by atoms with Crippen LogP contribution in [0.2, 0.25) is 0 Å². The van der Waals surface area contributed by atoms with E-state index in [1.807, 2.05) is 85.8 Å². The van der Waals surface area contributed by atoms with Crippen molar-refractivity contribution in [3.8, 4) is 0 Å². The van der Waals surface area contributed by atoms with Gasteiger partial charge in [0.25, 0.3) is 0 Å². The summed E-state index contributed by atoms with van der Waals surface area (Å²) in [5.41, 5.74) is 2.83. The summed E-state index contributed by atoms with van der Waals surface area (Å²) in [6.07, 6.45) is 1.14. The maximum Gasteiger partial charge on any atom is 0.419 e. The molecule has 0 saturated carbocycles. The molecule has 3 rings (SSSR count). The van der Waals surface area contributed by atoms with Crippen LogP contribution in [-0.4, -0.2) is 12.2 Å². The summed E-state index contributed by atoms with van der Waals surface area (Å²) in [5.74, 6) is 0. The fourth-order valence-electron chi connectivity index (χ4n) is 2.81. The second-order valence-electron chi connectivity index (χ2n) is 6.23. The van der Waals surface area contributed by atoms with Crippen LogP contribution in [0.25, 0.3) is 0 Å². The van der Waals surface area contributed by atoms with E-state index in [1.165, 1.54) is 5.56 Å². The number of amides is 1. The van der Waals surface area contributed by atoms with Gasteiger partial charge in [-0.2, -0.15) is 0 Å². The first-order chi connectivity index (χ1) is 12.7. The van der Waals surface area contributed by atoms with Crippen LogP contribution < -0.4 is 4.90 Å². The Hall–Kier alpha value is -3.07. The van der Waals surface area contributed by atoms with Gasteiger partial charge in [0, 0.05) is 0 Å². The van der Waals surface area contributed by atoms with Crippen molar-refractivity contribution in [2.45, 2.75) is 25.9 Å². The molecule has 0 radical (unpaired) electrons. The number of hydrogen-bond acceptors (Lipinski definition) is 2. The number of para-hydroxylation sites is 2. The Morgan fingerprint density at radius 3 is 1.77 bits per heavy atom. The number of carbonyl (C=O) groups is 1.